The molecule has 0 saturated heterocycles. The Hall–Kier alpha value is -3.83. The van der Waals surface area contributed by atoms with Gasteiger partial charge in [0.05, 0.1) is 31.2 Å². The van der Waals surface area contributed by atoms with Crippen molar-refractivity contribution in [3.8, 4) is 45.1 Å². The summed E-state index contributed by atoms with van der Waals surface area (Å²) in [5.41, 5.74) is 7.13. The summed E-state index contributed by atoms with van der Waals surface area (Å²) < 4.78 is 18.0. The highest BCUT2D eigenvalue weighted by Crippen LogP contribution is 2.37. The summed E-state index contributed by atoms with van der Waals surface area (Å²) in [6.07, 6.45) is 4.21. The van der Waals surface area contributed by atoms with Gasteiger partial charge < -0.3 is 19.1 Å². The summed E-state index contributed by atoms with van der Waals surface area (Å²) in [5, 5.41) is 0. The summed E-state index contributed by atoms with van der Waals surface area (Å²) in [5.74, 6) is 1.71. The second-order valence-corrected chi connectivity index (χ2v) is 10.2. The molecule has 41 heavy (non-hydrogen) atoms. The first-order valence-electron chi connectivity index (χ1n) is 15.0. The molecule has 216 valence electrons. The fraction of sp³-hybridized carbons (Fsp3) is 0.361. The lowest BCUT2D eigenvalue weighted by atomic mass is 9.99. The maximum atomic E-state index is 6.21. The molecule has 3 aromatic carbocycles. The molecule has 0 amide bonds. The number of aromatic nitrogens is 1. The predicted octanol–water partition coefficient (Wildman–Crippen LogP) is 8.91. The van der Waals surface area contributed by atoms with E-state index in [1.165, 1.54) is 0 Å². The Kier molecular flexibility index (Phi) is 11.6. The van der Waals surface area contributed by atoms with Crippen LogP contribution >= 0.6 is 0 Å². The van der Waals surface area contributed by atoms with E-state index in [9.17, 15) is 0 Å². The second kappa shape index (κ2) is 15.8. The van der Waals surface area contributed by atoms with Crippen LogP contribution in [0.1, 0.15) is 46.5 Å². The van der Waals surface area contributed by atoms with Crippen molar-refractivity contribution in [1.29, 1.82) is 0 Å². The Bertz CT molecular complexity index is 1280. The molecular formula is C36H44N2O3. The van der Waals surface area contributed by atoms with Gasteiger partial charge in [0.2, 0.25) is 0 Å². The Morgan fingerprint density at radius 1 is 0.634 bits per heavy atom. The number of nitrogens with zero attached hydrogens (tertiary/aromatic N) is 2. The lowest BCUT2D eigenvalue weighted by molar-refractivity contribution is 0.154. The number of ether oxygens (including phenoxy) is 3. The first-order chi connectivity index (χ1) is 20.1. The zero-order chi connectivity index (χ0) is 28.9. The van der Waals surface area contributed by atoms with Gasteiger partial charge in [-0.05, 0) is 79.4 Å². The Morgan fingerprint density at radius 2 is 1.17 bits per heavy atom. The molecule has 0 N–H and O–H groups in total. The zero-order valence-electron chi connectivity index (χ0n) is 25.1. The van der Waals surface area contributed by atoms with E-state index in [0.29, 0.717) is 19.8 Å². The maximum absolute atomic E-state index is 6.21. The SMILES string of the molecule is CCCCOc1ccccc1-c1cc(-c2ccc(N(C)CCOCC)cc2)cc(-c2ccccc2OCCCC)n1. The minimum absolute atomic E-state index is 0.687. The van der Waals surface area contributed by atoms with Gasteiger partial charge in [0.15, 0.2) is 0 Å². The van der Waals surface area contributed by atoms with Crippen molar-refractivity contribution in [1.82, 2.24) is 4.98 Å². The standard InChI is InChI=1S/C36H44N2O3/c1-5-8-23-40-35-16-12-10-14-31(35)33-26-29(28-18-20-30(21-19-28)38(4)22-25-39-7-3)27-34(37-33)32-15-11-13-17-36(32)41-24-9-6-2/h10-21,26-27H,5-9,22-25H2,1-4H3. The van der Waals surface area contributed by atoms with Crippen molar-refractivity contribution in [2.24, 2.45) is 0 Å². The third-order valence-corrected chi connectivity index (χ3v) is 7.08. The molecule has 0 unspecified atom stereocenters. The van der Waals surface area contributed by atoms with Gasteiger partial charge in [-0.2, -0.15) is 0 Å². The highest BCUT2D eigenvalue weighted by molar-refractivity contribution is 5.80. The fourth-order valence-electron chi connectivity index (χ4n) is 4.62. The van der Waals surface area contributed by atoms with E-state index in [1.54, 1.807) is 0 Å². The van der Waals surface area contributed by atoms with Crippen LogP contribution in [0.2, 0.25) is 0 Å². The first kappa shape index (κ1) is 30.1. The number of pyridine rings is 1. The molecule has 0 aliphatic rings. The van der Waals surface area contributed by atoms with Gasteiger partial charge in [0, 0.05) is 37.0 Å². The number of unbranched alkanes of at least 4 members (excludes halogenated alkanes) is 2. The van der Waals surface area contributed by atoms with Crippen molar-refractivity contribution in [3.05, 3.63) is 84.9 Å². The van der Waals surface area contributed by atoms with E-state index in [0.717, 1.165) is 89.7 Å². The monoisotopic (exact) mass is 552 g/mol. The van der Waals surface area contributed by atoms with E-state index in [2.05, 4.69) is 74.3 Å². The molecule has 0 bridgehead atoms. The summed E-state index contributed by atoms with van der Waals surface area (Å²) in [6, 6.07) is 29.4. The summed E-state index contributed by atoms with van der Waals surface area (Å²) >= 11 is 0. The predicted molar refractivity (Wildman–Crippen MR) is 171 cm³/mol. The molecule has 0 aliphatic carbocycles. The average Bonchev–Trinajstić information content (AvgIpc) is 3.02. The van der Waals surface area contributed by atoms with Gasteiger partial charge in [-0.3, -0.25) is 0 Å². The third-order valence-electron chi connectivity index (χ3n) is 7.08. The minimum atomic E-state index is 0.687. The van der Waals surface area contributed by atoms with E-state index in [-0.39, 0.29) is 0 Å². The normalized spacial score (nSPS) is 10.9. The molecular weight excluding hydrogens is 508 g/mol. The fourth-order valence-corrected chi connectivity index (χ4v) is 4.62. The van der Waals surface area contributed by atoms with Crippen LogP contribution in [0.15, 0.2) is 84.9 Å². The summed E-state index contributed by atoms with van der Waals surface area (Å²) in [7, 11) is 2.10. The van der Waals surface area contributed by atoms with E-state index < -0.39 is 0 Å². The van der Waals surface area contributed by atoms with Crippen LogP contribution in [0.25, 0.3) is 33.6 Å². The number of hydrogen-bond donors (Lipinski definition) is 0. The van der Waals surface area contributed by atoms with Gasteiger partial charge in [0.1, 0.15) is 11.5 Å². The van der Waals surface area contributed by atoms with Gasteiger partial charge in [-0.25, -0.2) is 4.98 Å². The zero-order valence-corrected chi connectivity index (χ0v) is 25.1. The van der Waals surface area contributed by atoms with Crippen LogP contribution in [-0.4, -0.2) is 45.0 Å². The van der Waals surface area contributed by atoms with Gasteiger partial charge in [-0.1, -0.05) is 63.1 Å². The van der Waals surface area contributed by atoms with Crippen molar-refractivity contribution >= 4 is 5.69 Å². The summed E-state index contributed by atoms with van der Waals surface area (Å²) in [4.78, 5) is 7.40. The molecule has 0 spiro atoms. The molecule has 0 aliphatic heterocycles. The quantitative estimate of drug-likeness (QED) is 0.130. The van der Waals surface area contributed by atoms with E-state index in [1.807, 2.05) is 43.3 Å². The van der Waals surface area contributed by atoms with Gasteiger partial charge in [0.25, 0.3) is 0 Å². The molecule has 1 aromatic heterocycles. The molecule has 4 aromatic rings. The molecule has 5 nitrogen and oxygen atoms in total. The number of rotatable bonds is 16. The van der Waals surface area contributed by atoms with Gasteiger partial charge >= 0.3 is 0 Å². The van der Waals surface area contributed by atoms with E-state index >= 15 is 0 Å². The number of hydrogen-bond acceptors (Lipinski definition) is 5. The van der Waals surface area contributed by atoms with Crippen LogP contribution in [0.5, 0.6) is 11.5 Å². The lowest BCUT2D eigenvalue weighted by Crippen LogP contribution is -2.22. The van der Waals surface area contributed by atoms with Crippen LogP contribution in [-0.2, 0) is 4.74 Å². The highest BCUT2D eigenvalue weighted by atomic mass is 16.5. The van der Waals surface area contributed by atoms with Crippen LogP contribution in [0.3, 0.4) is 0 Å². The molecule has 5 heteroatoms. The van der Waals surface area contributed by atoms with Crippen molar-refractivity contribution in [2.75, 3.05) is 44.9 Å². The van der Waals surface area contributed by atoms with Crippen molar-refractivity contribution < 1.29 is 14.2 Å². The molecule has 0 atom stereocenters. The first-order valence-corrected chi connectivity index (χ1v) is 15.0. The highest BCUT2D eigenvalue weighted by Gasteiger charge is 2.15. The number of benzene rings is 3. The molecule has 0 radical (unpaired) electrons. The molecule has 0 fully saturated rings. The molecule has 0 saturated carbocycles. The third kappa shape index (κ3) is 8.34. The van der Waals surface area contributed by atoms with Crippen LogP contribution < -0.4 is 14.4 Å². The lowest BCUT2D eigenvalue weighted by Gasteiger charge is -2.20. The van der Waals surface area contributed by atoms with Crippen molar-refractivity contribution in [2.45, 2.75) is 46.5 Å². The maximum Gasteiger partial charge on any atom is 0.128 e. The Labute approximate surface area is 246 Å². The van der Waals surface area contributed by atoms with Crippen LogP contribution in [0, 0.1) is 0 Å². The molecule has 4 rings (SSSR count). The minimum Gasteiger partial charge on any atom is -0.493 e. The summed E-state index contributed by atoms with van der Waals surface area (Å²) in [6.45, 7) is 10.0. The van der Waals surface area contributed by atoms with Crippen molar-refractivity contribution in [3.63, 3.8) is 0 Å². The Morgan fingerprint density at radius 3 is 1.68 bits per heavy atom. The van der Waals surface area contributed by atoms with Crippen LogP contribution in [0.4, 0.5) is 5.69 Å². The van der Waals surface area contributed by atoms with Gasteiger partial charge in [-0.15, -0.1) is 0 Å². The second-order valence-electron chi connectivity index (χ2n) is 10.2. The largest absolute Gasteiger partial charge is 0.493 e. The average molecular weight is 553 g/mol. The number of anilines is 1. The van der Waals surface area contributed by atoms with E-state index in [4.69, 9.17) is 19.2 Å². The Balaban J connectivity index is 1.76. The molecule has 1 heterocycles. The topological polar surface area (TPSA) is 43.8 Å². The smallest absolute Gasteiger partial charge is 0.128 e. The number of para-hydroxylation sites is 2. The number of likely N-dealkylation sites (N-methyl/N-ethyl adjacent to an activating group) is 1.